The highest BCUT2D eigenvalue weighted by Gasteiger charge is 2.05. The first-order valence-electron chi connectivity index (χ1n) is 6.45. The minimum absolute atomic E-state index is 0.153. The van der Waals surface area contributed by atoms with Gasteiger partial charge in [0.25, 0.3) is 0 Å². The van der Waals surface area contributed by atoms with Gasteiger partial charge >= 0.3 is 0 Å². The van der Waals surface area contributed by atoms with Crippen molar-refractivity contribution in [2.45, 2.75) is 64.3 Å². The molecule has 0 fully saturated rings. The van der Waals surface area contributed by atoms with Crippen LogP contribution in [0.15, 0.2) is 9.98 Å². The third kappa shape index (κ3) is 11.0. The topological polar surface area (TPSA) is 58.9 Å². The lowest BCUT2D eigenvalue weighted by Crippen LogP contribution is -2.04. The molecule has 17 heavy (non-hydrogen) atoms. The highest BCUT2D eigenvalue weighted by Crippen LogP contribution is 2.13. The number of hydrogen-bond donors (Lipinski definition) is 0. The standard InChI is InChI=1S/C13H22N2O2/c1-2-3-8-13(15-12-17)9-6-4-5-7-10-14-11-16/h13H,2-10H2,1H3/t13-/m0/s1. The Morgan fingerprint density at radius 2 is 1.65 bits per heavy atom. The summed E-state index contributed by atoms with van der Waals surface area (Å²) >= 11 is 0. The summed E-state index contributed by atoms with van der Waals surface area (Å²) in [5, 5.41) is 0. The first-order valence-corrected chi connectivity index (χ1v) is 6.45. The molecule has 0 heterocycles. The predicted molar refractivity (Wildman–Crippen MR) is 67.5 cm³/mol. The summed E-state index contributed by atoms with van der Waals surface area (Å²) in [5.41, 5.74) is 0. The lowest BCUT2D eigenvalue weighted by Gasteiger charge is -2.09. The highest BCUT2D eigenvalue weighted by atomic mass is 16.1. The number of hydrogen-bond acceptors (Lipinski definition) is 4. The Bertz CT molecular complexity index is 267. The Morgan fingerprint density at radius 1 is 0.941 bits per heavy atom. The van der Waals surface area contributed by atoms with Crippen molar-refractivity contribution < 1.29 is 9.59 Å². The quantitative estimate of drug-likeness (QED) is 0.315. The maximum absolute atomic E-state index is 10.2. The van der Waals surface area contributed by atoms with E-state index in [2.05, 4.69) is 16.9 Å². The van der Waals surface area contributed by atoms with Gasteiger partial charge in [0.15, 0.2) is 0 Å². The Hall–Kier alpha value is -1.24. The largest absolute Gasteiger partial charge is 0.235 e. The van der Waals surface area contributed by atoms with E-state index in [1.807, 2.05) is 0 Å². The third-order valence-electron chi connectivity index (χ3n) is 2.75. The van der Waals surface area contributed by atoms with Crippen LogP contribution in [-0.2, 0) is 9.59 Å². The van der Waals surface area contributed by atoms with Crippen molar-refractivity contribution in [1.82, 2.24) is 0 Å². The van der Waals surface area contributed by atoms with Crippen molar-refractivity contribution >= 4 is 12.2 Å². The molecule has 0 aromatic heterocycles. The van der Waals surface area contributed by atoms with Gasteiger partial charge in [-0.05, 0) is 19.3 Å². The van der Waals surface area contributed by atoms with Crippen LogP contribution >= 0.6 is 0 Å². The lowest BCUT2D eigenvalue weighted by molar-refractivity contribution is 0.495. The highest BCUT2D eigenvalue weighted by molar-refractivity contribution is 5.33. The molecule has 0 aliphatic heterocycles. The van der Waals surface area contributed by atoms with Crippen molar-refractivity contribution in [3.05, 3.63) is 0 Å². The van der Waals surface area contributed by atoms with Crippen molar-refractivity contribution in [3.8, 4) is 0 Å². The van der Waals surface area contributed by atoms with E-state index in [0.717, 1.165) is 51.4 Å². The fourth-order valence-corrected chi connectivity index (χ4v) is 1.76. The number of aliphatic imine (C=N–C) groups is 2. The number of isocyanates is 2. The fourth-order valence-electron chi connectivity index (χ4n) is 1.76. The Labute approximate surface area is 103 Å². The molecule has 0 bridgehead atoms. The molecule has 96 valence electrons. The molecular formula is C13H22N2O2. The molecule has 0 spiro atoms. The summed E-state index contributed by atoms with van der Waals surface area (Å²) in [6.07, 6.45) is 11.6. The molecule has 1 atom stereocenters. The monoisotopic (exact) mass is 238 g/mol. The summed E-state index contributed by atoms with van der Waals surface area (Å²) in [7, 11) is 0. The van der Waals surface area contributed by atoms with E-state index in [-0.39, 0.29) is 6.04 Å². The van der Waals surface area contributed by atoms with Crippen LogP contribution in [0.2, 0.25) is 0 Å². The number of rotatable bonds is 11. The molecule has 0 saturated heterocycles. The van der Waals surface area contributed by atoms with Crippen molar-refractivity contribution in [1.29, 1.82) is 0 Å². The first kappa shape index (κ1) is 15.8. The molecule has 0 amide bonds. The van der Waals surface area contributed by atoms with E-state index in [1.54, 1.807) is 6.08 Å². The van der Waals surface area contributed by atoms with Gasteiger partial charge in [-0.2, -0.15) is 0 Å². The number of carbonyl (C=O) groups excluding carboxylic acids is 2. The van der Waals surface area contributed by atoms with Gasteiger partial charge in [0.2, 0.25) is 12.2 Å². The Morgan fingerprint density at radius 3 is 2.29 bits per heavy atom. The zero-order chi connectivity index (χ0) is 12.8. The van der Waals surface area contributed by atoms with Gasteiger partial charge in [-0.1, -0.05) is 39.0 Å². The molecule has 0 saturated carbocycles. The molecule has 0 N–H and O–H groups in total. The minimum Gasteiger partial charge on any atom is -0.211 e. The average molecular weight is 238 g/mol. The molecule has 0 rings (SSSR count). The van der Waals surface area contributed by atoms with Gasteiger partial charge in [-0.15, -0.1) is 0 Å². The molecule has 0 aromatic rings. The maximum atomic E-state index is 10.2. The Kier molecular flexibility index (Phi) is 11.9. The molecular weight excluding hydrogens is 216 g/mol. The number of nitrogens with zero attached hydrogens (tertiary/aromatic N) is 2. The summed E-state index contributed by atoms with van der Waals surface area (Å²) in [6.45, 7) is 2.71. The zero-order valence-electron chi connectivity index (χ0n) is 10.7. The lowest BCUT2D eigenvalue weighted by atomic mass is 10.0. The molecule has 0 unspecified atom stereocenters. The van der Waals surface area contributed by atoms with Gasteiger partial charge in [0.1, 0.15) is 0 Å². The van der Waals surface area contributed by atoms with Crippen molar-refractivity contribution in [2.24, 2.45) is 9.98 Å². The Balaban J connectivity index is 3.53. The summed E-state index contributed by atoms with van der Waals surface area (Å²) < 4.78 is 0. The van der Waals surface area contributed by atoms with Gasteiger partial charge in [0.05, 0.1) is 12.6 Å². The summed E-state index contributed by atoms with van der Waals surface area (Å²) in [5.74, 6) is 0. The van der Waals surface area contributed by atoms with Crippen molar-refractivity contribution in [3.63, 3.8) is 0 Å². The van der Waals surface area contributed by atoms with Gasteiger partial charge < -0.3 is 0 Å². The van der Waals surface area contributed by atoms with E-state index in [1.165, 1.54) is 6.08 Å². The smallest absolute Gasteiger partial charge is 0.211 e. The molecule has 0 aliphatic carbocycles. The predicted octanol–water partition coefficient (Wildman–Crippen LogP) is 3.17. The van der Waals surface area contributed by atoms with Crippen LogP contribution in [0.3, 0.4) is 0 Å². The van der Waals surface area contributed by atoms with Gasteiger partial charge in [-0.3, -0.25) is 0 Å². The van der Waals surface area contributed by atoms with Crippen LogP contribution in [0, 0.1) is 0 Å². The third-order valence-corrected chi connectivity index (χ3v) is 2.75. The molecule has 0 aromatic carbocycles. The normalized spacial score (nSPS) is 11.4. The first-order chi connectivity index (χ1) is 8.35. The zero-order valence-corrected chi connectivity index (χ0v) is 10.7. The minimum atomic E-state index is 0.153. The van der Waals surface area contributed by atoms with Gasteiger partial charge in [0, 0.05) is 0 Å². The van der Waals surface area contributed by atoms with Crippen LogP contribution < -0.4 is 0 Å². The molecule has 0 radical (unpaired) electrons. The van der Waals surface area contributed by atoms with Crippen molar-refractivity contribution in [2.75, 3.05) is 6.54 Å². The van der Waals surface area contributed by atoms with Crippen LogP contribution in [0.5, 0.6) is 0 Å². The van der Waals surface area contributed by atoms with Gasteiger partial charge in [-0.25, -0.2) is 19.6 Å². The van der Waals surface area contributed by atoms with Crippen LogP contribution in [0.1, 0.15) is 58.3 Å². The average Bonchev–Trinajstić information content (AvgIpc) is 2.34. The van der Waals surface area contributed by atoms with E-state index in [9.17, 15) is 9.59 Å². The second kappa shape index (κ2) is 12.8. The summed E-state index contributed by atoms with van der Waals surface area (Å²) in [4.78, 5) is 27.4. The molecule has 0 aliphatic rings. The van der Waals surface area contributed by atoms with E-state index in [4.69, 9.17) is 0 Å². The fraction of sp³-hybridized carbons (Fsp3) is 0.846. The van der Waals surface area contributed by atoms with Crippen LogP contribution in [0.4, 0.5) is 0 Å². The van der Waals surface area contributed by atoms with E-state index in [0.29, 0.717) is 6.54 Å². The molecule has 4 nitrogen and oxygen atoms in total. The van der Waals surface area contributed by atoms with Crippen LogP contribution in [0.25, 0.3) is 0 Å². The summed E-state index contributed by atoms with van der Waals surface area (Å²) in [6, 6.07) is 0.153. The maximum Gasteiger partial charge on any atom is 0.235 e. The SMILES string of the molecule is CCCC[C@@H](CCCCCCN=C=O)N=C=O. The van der Waals surface area contributed by atoms with E-state index >= 15 is 0 Å². The number of unbranched alkanes of at least 4 members (excludes halogenated alkanes) is 4. The van der Waals surface area contributed by atoms with Crippen LogP contribution in [-0.4, -0.2) is 24.7 Å². The molecule has 4 heteroatoms. The second-order valence-corrected chi connectivity index (χ2v) is 4.19. The second-order valence-electron chi connectivity index (χ2n) is 4.19. The van der Waals surface area contributed by atoms with E-state index < -0.39 is 0 Å².